The molecule has 1 saturated heterocycles. The fourth-order valence-corrected chi connectivity index (χ4v) is 1.28. The Kier molecular flexibility index (Phi) is 2.69. The highest BCUT2D eigenvalue weighted by atomic mass is 16.2. The first kappa shape index (κ1) is 8.31. The minimum absolute atomic E-state index is 0.183. The number of hydrogen-bond acceptors (Lipinski definition) is 1. The summed E-state index contributed by atoms with van der Waals surface area (Å²) in [4.78, 5) is 13.2. The van der Waals surface area contributed by atoms with Gasteiger partial charge in [-0.05, 0) is 26.7 Å². The van der Waals surface area contributed by atoms with Gasteiger partial charge >= 0.3 is 0 Å². The Labute approximate surface area is 67.9 Å². The average Bonchev–Trinajstić information content (AvgIpc) is 2.35. The van der Waals surface area contributed by atoms with Crippen LogP contribution < -0.4 is 0 Å². The van der Waals surface area contributed by atoms with Crippen molar-refractivity contribution in [2.75, 3.05) is 13.1 Å². The van der Waals surface area contributed by atoms with Crippen molar-refractivity contribution in [3.05, 3.63) is 11.6 Å². The Balaban J connectivity index is 2.47. The lowest BCUT2D eigenvalue weighted by Gasteiger charge is -2.11. The second-order valence-corrected chi connectivity index (χ2v) is 3.25. The molecule has 0 aromatic carbocycles. The summed E-state index contributed by atoms with van der Waals surface area (Å²) in [6.45, 7) is 5.80. The van der Waals surface area contributed by atoms with Gasteiger partial charge in [-0.15, -0.1) is 0 Å². The predicted molar refractivity (Wildman–Crippen MR) is 45.2 cm³/mol. The molecule has 0 aliphatic carbocycles. The standard InChI is InChI=1S/C9H15NO/c1-8(2)7-9(11)10-5-3-4-6-10/h7H,3-6H2,1-2H3. The Bertz CT molecular complexity index is 174. The molecule has 62 valence electrons. The summed E-state index contributed by atoms with van der Waals surface area (Å²) in [7, 11) is 0. The molecule has 1 heterocycles. The highest BCUT2D eigenvalue weighted by Gasteiger charge is 2.14. The van der Waals surface area contributed by atoms with Crippen LogP contribution in [0, 0.1) is 0 Å². The van der Waals surface area contributed by atoms with Gasteiger partial charge in [-0.1, -0.05) is 5.57 Å². The summed E-state index contributed by atoms with van der Waals surface area (Å²) in [6.07, 6.45) is 4.05. The normalized spacial score (nSPS) is 16.7. The van der Waals surface area contributed by atoms with E-state index in [2.05, 4.69) is 0 Å². The van der Waals surface area contributed by atoms with Crippen molar-refractivity contribution in [3.8, 4) is 0 Å². The van der Waals surface area contributed by atoms with Gasteiger partial charge in [0.15, 0.2) is 0 Å². The molecule has 2 nitrogen and oxygen atoms in total. The molecule has 1 fully saturated rings. The molecule has 0 spiro atoms. The van der Waals surface area contributed by atoms with E-state index in [4.69, 9.17) is 0 Å². The van der Waals surface area contributed by atoms with Gasteiger partial charge in [0.2, 0.25) is 5.91 Å². The van der Waals surface area contributed by atoms with Gasteiger partial charge in [0.1, 0.15) is 0 Å². The lowest BCUT2D eigenvalue weighted by molar-refractivity contribution is -0.125. The highest BCUT2D eigenvalue weighted by molar-refractivity contribution is 5.88. The lowest BCUT2D eigenvalue weighted by atomic mass is 10.3. The first-order valence-corrected chi connectivity index (χ1v) is 4.14. The quantitative estimate of drug-likeness (QED) is 0.524. The summed E-state index contributed by atoms with van der Waals surface area (Å²) in [5.74, 6) is 0.183. The van der Waals surface area contributed by atoms with Crippen molar-refractivity contribution in [2.45, 2.75) is 26.7 Å². The van der Waals surface area contributed by atoms with Gasteiger partial charge < -0.3 is 4.90 Å². The molecular formula is C9H15NO. The van der Waals surface area contributed by atoms with E-state index in [0.717, 1.165) is 18.7 Å². The van der Waals surface area contributed by atoms with Crippen LogP contribution >= 0.6 is 0 Å². The number of amides is 1. The number of nitrogens with zero attached hydrogens (tertiary/aromatic N) is 1. The first-order chi connectivity index (χ1) is 5.20. The molecule has 2 heteroatoms. The van der Waals surface area contributed by atoms with Crippen LogP contribution in [0.15, 0.2) is 11.6 Å². The zero-order valence-electron chi connectivity index (χ0n) is 7.26. The minimum atomic E-state index is 0.183. The maximum atomic E-state index is 11.3. The molecule has 0 N–H and O–H groups in total. The van der Waals surface area contributed by atoms with Crippen molar-refractivity contribution < 1.29 is 4.79 Å². The van der Waals surface area contributed by atoms with E-state index in [0.29, 0.717) is 0 Å². The summed E-state index contributed by atoms with van der Waals surface area (Å²) in [6, 6.07) is 0. The Morgan fingerprint density at radius 1 is 1.27 bits per heavy atom. The maximum Gasteiger partial charge on any atom is 0.246 e. The molecule has 0 atom stereocenters. The number of rotatable bonds is 1. The number of carbonyl (C=O) groups is 1. The molecule has 0 radical (unpaired) electrons. The third-order valence-corrected chi connectivity index (χ3v) is 1.83. The fraction of sp³-hybridized carbons (Fsp3) is 0.667. The summed E-state index contributed by atoms with van der Waals surface area (Å²) in [5.41, 5.74) is 1.09. The van der Waals surface area contributed by atoms with Crippen LogP contribution in [0.3, 0.4) is 0 Å². The zero-order valence-corrected chi connectivity index (χ0v) is 7.26. The van der Waals surface area contributed by atoms with Gasteiger partial charge in [0.25, 0.3) is 0 Å². The van der Waals surface area contributed by atoms with E-state index >= 15 is 0 Å². The molecule has 1 amide bonds. The van der Waals surface area contributed by atoms with Crippen LogP contribution in [0.5, 0.6) is 0 Å². The molecule has 1 aliphatic heterocycles. The minimum Gasteiger partial charge on any atom is -0.339 e. The monoisotopic (exact) mass is 153 g/mol. The Morgan fingerprint density at radius 2 is 1.82 bits per heavy atom. The number of allylic oxidation sites excluding steroid dienone is 1. The smallest absolute Gasteiger partial charge is 0.246 e. The number of likely N-dealkylation sites (tertiary alicyclic amines) is 1. The van der Waals surface area contributed by atoms with Gasteiger partial charge in [0.05, 0.1) is 0 Å². The van der Waals surface area contributed by atoms with Crippen molar-refractivity contribution in [1.29, 1.82) is 0 Å². The van der Waals surface area contributed by atoms with Gasteiger partial charge in [-0.25, -0.2) is 0 Å². The van der Waals surface area contributed by atoms with Crippen molar-refractivity contribution >= 4 is 5.91 Å². The summed E-state index contributed by atoms with van der Waals surface area (Å²) in [5, 5.41) is 0. The highest BCUT2D eigenvalue weighted by Crippen LogP contribution is 2.08. The van der Waals surface area contributed by atoms with Crippen LogP contribution in [0.4, 0.5) is 0 Å². The summed E-state index contributed by atoms with van der Waals surface area (Å²) < 4.78 is 0. The molecule has 0 saturated carbocycles. The van der Waals surface area contributed by atoms with Gasteiger partial charge in [-0.3, -0.25) is 4.79 Å². The largest absolute Gasteiger partial charge is 0.339 e. The number of hydrogen-bond donors (Lipinski definition) is 0. The van der Waals surface area contributed by atoms with Gasteiger partial charge in [0, 0.05) is 19.2 Å². The van der Waals surface area contributed by atoms with Crippen LogP contribution in [-0.4, -0.2) is 23.9 Å². The molecule has 0 aromatic rings. The molecule has 0 unspecified atom stereocenters. The van der Waals surface area contributed by atoms with E-state index < -0.39 is 0 Å². The Hall–Kier alpha value is -0.790. The van der Waals surface area contributed by atoms with E-state index in [1.54, 1.807) is 6.08 Å². The van der Waals surface area contributed by atoms with Gasteiger partial charge in [-0.2, -0.15) is 0 Å². The maximum absolute atomic E-state index is 11.3. The molecule has 0 aromatic heterocycles. The Morgan fingerprint density at radius 3 is 2.27 bits per heavy atom. The second-order valence-electron chi connectivity index (χ2n) is 3.25. The van der Waals surface area contributed by atoms with Crippen LogP contribution in [0.2, 0.25) is 0 Å². The van der Waals surface area contributed by atoms with E-state index in [-0.39, 0.29) is 5.91 Å². The molecule has 1 rings (SSSR count). The van der Waals surface area contributed by atoms with Crippen LogP contribution in [0.1, 0.15) is 26.7 Å². The average molecular weight is 153 g/mol. The van der Waals surface area contributed by atoms with Crippen LogP contribution in [-0.2, 0) is 4.79 Å². The fourth-order valence-electron chi connectivity index (χ4n) is 1.28. The van der Waals surface area contributed by atoms with Crippen molar-refractivity contribution in [3.63, 3.8) is 0 Å². The third-order valence-electron chi connectivity index (χ3n) is 1.83. The SMILES string of the molecule is CC(C)=CC(=O)N1CCCC1. The van der Waals surface area contributed by atoms with E-state index in [1.807, 2.05) is 18.7 Å². The second kappa shape index (κ2) is 3.56. The van der Waals surface area contributed by atoms with Crippen LogP contribution in [0.25, 0.3) is 0 Å². The predicted octanol–water partition coefficient (Wildman–Crippen LogP) is 1.58. The van der Waals surface area contributed by atoms with Crippen molar-refractivity contribution in [2.24, 2.45) is 0 Å². The van der Waals surface area contributed by atoms with E-state index in [1.165, 1.54) is 12.8 Å². The van der Waals surface area contributed by atoms with Crippen molar-refractivity contribution in [1.82, 2.24) is 4.90 Å². The summed E-state index contributed by atoms with van der Waals surface area (Å²) >= 11 is 0. The van der Waals surface area contributed by atoms with E-state index in [9.17, 15) is 4.79 Å². The molecule has 0 bridgehead atoms. The first-order valence-electron chi connectivity index (χ1n) is 4.14. The molecule has 1 aliphatic rings. The zero-order chi connectivity index (χ0) is 8.27. The molecule has 11 heavy (non-hydrogen) atoms. The molecular weight excluding hydrogens is 138 g/mol. The lowest BCUT2D eigenvalue weighted by Crippen LogP contribution is -2.25. The third kappa shape index (κ3) is 2.37. The topological polar surface area (TPSA) is 20.3 Å². The number of carbonyl (C=O) groups excluding carboxylic acids is 1.